The summed E-state index contributed by atoms with van der Waals surface area (Å²) in [4.78, 5) is 12.3. The van der Waals surface area contributed by atoms with E-state index in [1.54, 1.807) is 6.21 Å². The Morgan fingerprint density at radius 1 is 0.935 bits per heavy atom. The van der Waals surface area contributed by atoms with Gasteiger partial charge in [0.2, 0.25) is 5.91 Å². The lowest BCUT2D eigenvalue weighted by Gasteiger charge is -2.07. The third kappa shape index (κ3) is 5.71. The average molecular weight is 429 g/mol. The minimum atomic E-state index is -0.164. The van der Waals surface area contributed by atoms with Crippen molar-refractivity contribution in [3.63, 3.8) is 0 Å². The van der Waals surface area contributed by atoms with Crippen LogP contribution in [0, 0.1) is 0 Å². The Morgan fingerprint density at radius 3 is 2.58 bits per heavy atom. The van der Waals surface area contributed by atoms with E-state index in [4.69, 9.17) is 16.3 Å². The van der Waals surface area contributed by atoms with Crippen LogP contribution in [0.3, 0.4) is 0 Å². The molecule has 31 heavy (non-hydrogen) atoms. The molecule has 5 heteroatoms. The van der Waals surface area contributed by atoms with E-state index in [0.717, 1.165) is 33.2 Å². The highest BCUT2D eigenvalue weighted by Crippen LogP contribution is 2.19. The number of benzene rings is 4. The number of rotatable bonds is 7. The van der Waals surface area contributed by atoms with Gasteiger partial charge >= 0.3 is 0 Å². The molecule has 0 aliphatic carbocycles. The molecule has 4 aromatic rings. The monoisotopic (exact) mass is 428 g/mol. The van der Waals surface area contributed by atoms with Gasteiger partial charge in [0.15, 0.2) is 0 Å². The van der Waals surface area contributed by atoms with Crippen molar-refractivity contribution in [1.82, 2.24) is 5.43 Å². The molecule has 0 atom stereocenters. The smallest absolute Gasteiger partial charge is 0.244 e. The van der Waals surface area contributed by atoms with Crippen molar-refractivity contribution >= 4 is 34.5 Å². The van der Waals surface area contributed by atoms with E-state index < -0.39 is 0 Å². The number of halogens is 1. The van der Waals surface area contributed by atoms with Crippen LogP contribution >= 0.6 is 11.6 Å². The average Bonchev–Trinajstić information content (AvgIpc) is 2.79. The summed E-state index contributed by atoms with van der Waals surface area (Å²) in [5, 5.41) is 6.99. The first-order valence-corrected chi connectivity index (χ1v) is 10.3. The standard InChI is InChI=1S/C26H21ClN2O2/c27-23-13-11-19(12-14-23)18-31-24-9-3-5-20(15-24)17-28-29-26(30)16-22-8-4-7-21-6-1-2-10-25(21)22/h1-15,17H,16,18H2,(H,29,30)/b28-17+. The Hall–Kier alpha value is -3.63. The van der Waals surface area contributed by atoms with E-state index in [-0.39, 0.29) is 12.3 Å². The van der Waals surface area contributed by atoms with Crippen LogP contribution in [-0.2, 0) is 17.8 Å². The maximum atomic E-state index is 12.3. The quantitative estimate of drug-likeness (QED) is 0.300. The molecule has 0 radical (unpaired) electrons. The van der Waals surface area contributed by atoms with E-state index in [1.165, 1.54) is 0 Å². The van der Waals surface area contributed by atoms with Crippen LogP contribution in [0.15, 0.2) is 96.1 Å². The normalized spacial score (nSPS) is 11.0. The lowest BCUT2D eigenvalue weighted by Crippen LogP contribution is -2.19. The van der Waals surface area contributed by atoms with Gasteiger partial charge in [-0.25, -0.2) is 5.43 Å². The molecule has 0 fully saturated rings. The number of nitrogens with zero attached hydrogens (tertiary/aromatic N) is 1. The minimum absolute atomic E-state index is 0.164. The molecule has 0 aromatic heterocycles. The fraction of sp³-hybridized carbons (Fsp3) is 0.0769. The second-order valence-electron chi connectivity index (χ2n) is 7.10. The summed E-state index contributed by atoms with van der Waals surface area (Å²) in [6, 6.07) is 29.1. The van der Waals surface area contributed by atoms with Crippen molar-refractivity contribution in [1.29, 1.82) is 0 Å². The third-order valence-corrected chi connectivity index (χ3v) is 5.06. The van der Waals surface area contributed by atoms with Crippen molar-refractivity contribution in [3.8, 4) is 5.75 Å². The number of fused-ring (bicyclic) bond motifs is 1. The second kappa shape index (κ2) is 9.92. The van der Waals surface area contributed by atoms with Crippen LogP contribution in [0.5, 0.6) is 5.75 Å². The predicted octanol–water partition coefficient (Wildman–Crippen LogP) is 5.77. The predicted molar refractivity (Wildman–Crippen MR) is 126 cm³/mol. The minimum Gasteiger partial charge on any atom is -0.489 e. The number of hydrogen-bond donors (Lipinski definition) is 1. The lowest BCUT2D eigenvalue weighted by molar-refractivity contribution is -0.120. The Balaban J connectivity index is 1.33. The van der Waals surface area contributed by atoms with Crippen LogP contribution in [0.25, 0.3) is 10.8 Å². The van der Waals surface area contributed by atoms with Gasteiger partial charge in [-0.1, -0.05) is 78.3 Å². The zero-order valence-corrected chi connectivity index (χ0v) is 17.5. The Labute approximate surface area is 186 Å². The Kier molecular flexibility index (Phi) is 6.60. The van der Waals surface area contributed by atoms with E-state index >= 15 is 0 Å². The Morgan fingerprint density at radius 2 is 1.71 bits per heavy atom. The molecule has 4 rings (SSSR count). The fourth-order valence-corrected chi connectivity index (χ4v) is 3.40. The topological polar surface area (TPSA) is 50.7 Å². The summed E-state index contributed by atoms with van der Waals surface area (Å²) in [7, 11) is 0. The molecule has 0 heterocycles. The SMILES string of the molecule is O=C(Cc1cccc2ccccc12)N/N=C/c1cccc(OCc2ccc(Cl)cc2)c1. The molecule has 0 spiro atoms. The highest BCUT2D eigenvalue weighted by atomic mass is 35.5. The van der Waals surface area contributed by atoms with Crippen LogP contribution in [0.2, 0.25) is 5.02 Å². The molecule has 1 N–H and O–H groups in total. The zero-order valence-electron chi connectivity index (χ0n) is 16.8. The van der Waals surface area contributed by atoms with Gasteiger partial charge in [0.05, 0.1) is 12.6 Å². The van der Waals surface area contributed by atoms with Gasteiger partial charge in [-0.15, -0.1) is 0 Å². The molecule has 4 aromatic carbocycles. The molecule has 0 unspecified atom stereocenters. The van der Waals surface area contributed by atoms with Crippen LogP contribution in [-0.4, -0.2) is 12.1 Å². The van der Waals surface area contributed by atoms with Crippen LogP contribution in [0.4, 0.5) is 0 Å². The molecule has 0 aliphatic rings. The van der Waals surface area contributed by atoms with E-state index in [9.17, 15) is 4.79 Å². The highest BCUT2D eigenvalue weighted by Gasteiger charge is 2.06. The maximum Gasteiger partial charge on any atom is 0.244 e. The lowest BCUT2D eigenvalue weighted by atomic mass is 10.0. The summed E-state index contributed by atoms with van der Waals surface area (Å²) in [6.45, 7) is 0.444. The highest BCUT2D eigenvalue weighted by molar-refractivity contribution is 6.30. The zero-order chi connectivity index (χ0) is 21.5. The van der Waals surface area contributed by atoms with Gasteiger partial charge in [0, 0.05) is 5.02 Å². The molecular formula is C26H21ClN2O2. The number of ether oxygens (including phenoxy) is 1. The van der Waals surface area contributed by atoms with E-state index in [1.807, 2.05) is 91.0 Å². The number of amides is 1. The molecule has 0 saturated heterocycles. The molecule has 4 nitrogen and oxygen atoms in total. The molecular weight excluding hydrogens is 408 g/mol. The number of hydrogen-bond acceptors (Lipinski definition) is 3. The fourth-order valence-electron chi connectivity index (χ4n) is 3.27. The summed E-state index contributed by atoms with van der Waals surface area (Å²) in [6.07, 6.45) is 1.87. The van der Waals surface area contributed by atoms with Gasteiger partial charge in [-0.3, -0.25) is 4.79 Å². The van der Waals surface area contributed by atoms with Gasteiger partial charge < -0.3 is 4.74 Å². The first kappa shape index (κ1) is 20.6. The van der Waals surface area contributed by atoms with Crippen LogP contribution < -0.4 is 10.2 Å². The van der Waals surface area contributed by atoms with E-state index in [0.29, 0.717) is 11.6 Å². The third-order valence-electron chi connectivity index (χ3n) is 4.81. The van der Waals surface area contributed by atoms with Gasteiger partial charge in [-0.05, 0) is 51.7 Å². The number of carbonyl (C=O) groups is 1. The van der Waals surface area contributed by atoms with Crippen molar-refractivity contribution < 1.29 is 9.53 Å². The Bertz CT molecular complexity index is 1210. The first-order chi connectivity index (χ1) is 15.2. The number of carbonyl (C=O) groups excluding carboxylic acids is 1. The molecule has 0 saturated carbocycles. The van der Waals surface area contributed by atoms with Gasteiger partial charge in [0.25, 0.3) is 0 Å². The van der Waals surface area contributed by atoms with Crippen molar-refractivity contribution in [3.05, 3.63) is 113 Å². The summed E-state index contributed by atoms with van der Waals surface area (Å²) in [5.74, 6) is 0.559. The van der Waals surface area contributed by atoms with Gasteiger partial charge in [-0.2, -0.15) is 5.10 Å². The molecule has 0 aliphatic heterocycles. The summed E-state index contributed by atoms with van der Waals surface area (Å²) >= 11 is 5.91. The largest absolute Gasteiger partial charge is 0.489 e. The van der Waals surface area contributed by atoms with Crippen molar-refractivity contribution in [2.45, 2.75) is 13.0 Å². The van der Waals surface area contributed by atoms with Crippen LogP contribution in [0.1, 0.15) is 16.7 Å². The van der Waals surface area contributed by atoms with Crippen molar-refractivity contribution in [2.24, 2.45) is 5.10 Å². The van der Waals surface area contributed by atoms with Gasteiger partial charge in [0.1, 0.15) is 12.4 Å². The first-order valence-electron chi connectivity index (χ1n) is 9.93. The molecule has 1 amide bonds. The summed E-state index contributed by atoms with van der Waals surface area (Å²) in [5.41, 5.74) is 5.44. The maximum absolute atomic E-state index is 12.3. The summed E-state index contributed by atoms with van der Waals surface area (Å²) < 4.78 is 5.83. The number of nitrogens with one attached hydrogen (secondary N) is 1. The van der Waals surface area contributed by atoms with Crippen molar-refractivity contribution in [2.75, 3.05) is 0 Å². The number of hydrazone groups is 1. The van der Waals surface area contributed by atoms with E-state index in [2.05, 4.69) is 10.5 Å². The second-order valence-corrected chi connectivity index (χ2v) is 7.53. The molecule has 154 valence electrons. The molecule has 0 bridgehead atoms.